The molecule has 1 aliphatic carbocycles. The van der Waals surface area contributed by atoms with Gasteiger partial charge in [0.25, 0.3) is 0 Å². The van der Waals surface area contributed by atoms with Crippen molar-refractivity contribution in [3.05, 3.63) is 23.1 Å². The van der Waals surface area contributed by atoms with Crippen molar-refractivity contribution in [2.45, 2.75) is 31.6 Å². The number of nitrogens with two attached hydrogens (primary N) is 1. The summed E-state index contributed by atoms with van der Waals surface area (Å²) in [5.74, 6) is 0.496. The molecule has 0 aromatic carbocycles. The van der Waals surface area contributed by atoms with Gasteiger partial charge >= 0.3 is 0 Å². The second-order valence-corrected chi connectivity index (χ2v) is 4.71. The summed E-state index contributed by atoms with van der Waals surface area (Å²) in [7, 11) is 0. The van der Waals surface area contributed by atoms with Crippen LogP contribution in [0.3, 0.4) is 0 Å². The summed E-state index contributed by atoms with van der Waals surface area (Å²) in [5, 5.41) is 5.18. The third-order valence-corrected chi connectivity index (χ3v) is 3.57. The number of hydrogen-bond acceptors (Lipinski definition) is 3. The molecule has 16 heavy (non-hydrogen) atoms. The first kappa shape index (κ1) is 9.90. The van der Waals surface area contributed by atoms with Crippen LogP contribution in [0.15, 0.2) is 12.4 Å². The summed E-state index contributed by atoms with van der Waals surface area (Å²) in [5.41, 5.74) is 7.96. The van der Waals surface area contributed by atoms with Gasteiger partial charge in [-0.15, -0.1) is 0 Å². The van der Waals surface area contributed by atoms with E-state index in [4.69, 9.17) is 17.3 Å². The molecule has 84 valence electrons. The molecule has 2 N–H and O–H groups in total. The van der Waals surface area contributed by atoms with Crippen molar-refractivity contribution >= 4 is 22.9 Å². The zero-order valence-corrected chi connectivity index (χ0v) is 9.61. The van der Waals surface area contributed by atoms with E-state index in [9.17, 15) is 0 Å². The average Bonchev–Trinajstić information content (AvgIpc) is 2.86. The molecule has 2 aromatic heterocycles. The lowest BCUT2D eigenvalue weighted by Gasteiger charge is -2.03. The summed E-state index contributed by atoms with van der Waals surface area (Å²) in [6, 6.07) is 0. The number of nitrogens with zero attached hydrogens (tertiary/aromatic N) is 3. The molecule has 1 fully saturated rings. The number of aromatic nitrogens is 3. The van der Waals surface area contributed by atoms with E-state index in [-0.39, 0.29) is 0 Å². The Morgan fingerprint density at radius 2 is 2.12 bits per heavy atom. The smallest absolute Gasteiger partial charge is 0.174 e. The number of halogens is 1. The van der Waals surface area contributed by atoms with Gasteiger partial charge in [0, 0.05) is 5.92 Å². The SMILES string of the molecule is Nc1cnc2c(Cl)c(C3CCCC3)nn2c1. The maximum atomic E-state index is 6.30. The van der Waals surface area contributed by atoms with E-state index >= 15 is 0 Å². The quantitative estimate of drug-likeness (QED) is 0.828. The molecule has 0 aliphatic heterocycles. The predicted octanol–water partition coefficient (Wildman–Crippen LogP) is 2.62. The van der Waals surface area contributed by atoms with Crippen LogP contribution in [0.2, 0.25) is 5.02 Å². The fourth-order valence-corrected chi connectivity index (χ4v) is 2.73. The Morgan fingerprint density at radius 3 is 2.88 bits per heavy atom. The maximum Gasteiger partial charge on any atom is 0.174 e. The van der Waals surface area contributed by atoms with E-state index in [1.54, 1.807) is 16.9 Å². The van der Waals surface area contributed by atoms with Crippen LogP contribution in [0.5, 0.6) is 0 Å². The third-order valence-electron chi connectivity index (χ3n) is 3.20. The van der Waals surface area contributed by atoms with E-state index in [0.717, 1.165) is 5.69 Å². The molecule has 1 aliphatic rings. The van der Waals surface area contributed by atoms with Gasteiger partial charge in [-0.05, 0) is 12.8 Å². The normalized spacial score (nSPS) is 17.3. The van der Waals surface area contributed by atoms with Crippen LogP contribution in [0, 0.1) is 0 Å². The van der Waals surface area contributed by atoms with E-state index < -0.39 is 0 Å². The molecule has 2 aromatic rings. The van der Waals surface area contributed by atoms with Crippen molar-refractivity contribution in [2.24, 2.45) is 0 Å². The zero-order valence-electron chi connectivity index (χ0n) is 8.86. The van der Waals surface area contributed by atoms with Crippen molar-refractivity contribution in [1.82, 2.24) is 14.6 Å². The highest BCUT2D eigenvalue weighted by atomic mass is 35.5. The predicted molar refractivity (Wildman–Crippen MR) is 63.6 cm³/mol. The van der Waals surface area contributed by atoms with Gasteiger partial charge in [0.2, 0.25) is 0 Å². The van der Waals surface area contributed by atoms with E-state index in [1.165, 1.54) is 25.7 Å². The summed E-state index contributed by atoms with van der Waals surface area (Å²) in [4.78, 5) is 4.22. The van der Waals surface area contributed by atoms with Crippen LogP contribution < -0.4 is 5.73 Å². The summed E-state index contributed by atoms with van der Waals surface area (Å²) >= 11 is 6.30. The van der Waals surface area contributed by atoms with Crippen molar-refractivity contribution in [1.29, 1.82) is 0 Å². The van der Waals surface area contributed by atoms with E-state index in [2.05, 4.69) is 10.1 Å². The second-order valence-electron chi connectivity index (χ2n) is 4.34. The molecule has 2 heterocycles. The van der Waals surface area contributed by atoms with Crippen LogP contribution in [0.25, 0.3) is 5.65 Å². The summed E-state index contributed by atoms with van der Waals surface area (Å²) < 4.78 is 1.69. The molecular weight excluding hydrogens is 224 g/mol. The lowest BCUT2D eigenvalue weighted by molar-refractivity contribution is 0.685. The standard InChI is InChI=1S/C11H13ClN4/c12-9-10(7-3-1-2-4-7)15-16-6-8(13)5-14-11(9)16/h5-7H,1-4,13H2. The van der Waals surface area contributed by atoms with Crippen LogP contribution in [-0.2, 0) is 0 Å². The van der Waals surface area contributed by atoms with Gasteiger partial charge in [0.05, 0.1) is 23.8 Å². The topological polar surface area (TPSA) is 56.2 Å². The lowest BCUT2D eigenvalue weighted by Crippen LogP contribution is -1.96. The first-order valence-electron chi connectivity index (χ1n) is 5.55. The zero-order chi connectivity index (χ0) is 11.1. The van der Waals surface area contributed by atoms with E-state index in [0.29, 0.717) is 22.3 Å². The Bertz CT molecular complexity index is 528. The third kappa shape index (κ3) is 1.45. The van der Waals surface area contributed by atoms with Crippen LogP contribution in [0.4, 0.5) is 5.69 Å². The number of fused-ring (bicyclic) bond motifs is 1. The molecule has 4 nitrogen and oxygen atoms in total. The van der Waals surface area contributed by atoms with Crippen LogP contribution in [0.1, 0.15) is 37.3 Å². The Kier molecular flexibility index (Phi) is 2.24. The Morgan fingerprint density at radius 1 is 1.38 bits per heavy atom. The van der Waals surface area contributed by atoms with Crippen LogP contribution >= 0.6 is 11.6 Å². The molecule has 0 saturated heterocycles. The maximum absolute atomic E-state index is 6.30. The number of anilines is 1. The molecule has 0 bridgehead atoms. The molecule has 3 rings (SSSR count). The number of rotatable bonds is 1. The first-order chi connectivity index (χ1) is 7.75. The molecule has 0 unspecified atom stereocenters. The van der Waals surface area contributed by atoms with Gasteiger partial charge in [0.1, 0.15) is 5.02 Å². The van der Waals surface area contributed by atoms with Crippen molar-refractivity contribution in [3.63, 3.8) is 0 Å². The van der Waals surface area contributed by atoms with Gasteiger partial charge in [-0.25, -0.2) is 9.50 Å². The summed E-state index contributed by atoms with van der Waals surface area (Å²) in [6.07, 6.45) is 8.26. The first-order valence-corrected chi connectivity index (χ1v) is 5.93. The fraction of sp³-hybridized carbons (Fsp3) is 0.455. The Hall–Kier alpha value is -1.29. The minimum absolute atomic E-state index is 0.496. The minimum atomic E-state index is 0.496. The van der Waals surface area contributed by atoms with Gasteiger partial charge in [-0.2, -0.15) is 5.10 Å². The van der Waals surface area contributed by atoms with Crippen molar-refractivity contribution < 1.29 is 0 Å². The van der Waals surface area contributed by atoms with Crippen LogP contribution in [-0.4, -0.2) is 14.6 Å². The Labute approximate surface area is 98.4 Å². The molecule has 0 radical (unpaired) electrons. The minimum Gasteiger partial charge on any atom is -0.396 e. The fourth-order valence-electron chi connectivity index (χ4n) is 2.40. The largest absolute Gasteiger partial charge is 0.396 e. The van der Waals surface area contributed by atoms with Gasteiger partial charge < -0.3 is 5.73 Å². The molecule has 0 atom stereocenters. The summed E-state index contributed by atoms with van der Waals surface area (Å²) in [6.45, 7) is 0. The molecule has 0 spiro atoms. The van der Waals surface area contributed by atoms with Gasteiger partial charge in [-0.1, -0.05) is 24.4 Å². The monoisotopic (exact) mass is 236 g/mol. The van der Waals surface area contributed by atoms with Gasteiger partial charge in [0.15, 0.2) is 5.65 Å². The van der Waals surface area contributed by atoms with E-state index in [1.807, 2.05) is 0 Å². The van der Waals surface area contributed by atoms with Gasteiger partial charge in [-0.3, -0.25) is 0 Å². The average molecular weight is 237 g/mol. The molecule has 0 amide bonds. The molecule has 1 saturated carbocycles. The molecule has 5 heteroatoms. The second kappa shape index (κ2) is 3.63. The molecular formula is C11H13ClN4. The number of hydrogen-bond donors (Lipinski definition) is 1. The highest BCUT2D eigenvalue weighted by molar-refractivity contribution is 6.34. The highest BCUT2D eigenvalue weighted by Gasteiger charge is 2.24. The number of nitrogen functional groups attached to an aromatic ring is 1. The highest BCUT2D eigenvalue weighted by Crippen LogP contribution is 2.37. The van der Waals surface area contributed by atoms with Crippen molar-refractivity contribution in [3.8, 4) is 0 Å². The Balaban J connectivity index is 2.14. The lowest BCUT2D eigenvalue weighted by atomic mass is 10.0. The van der Waals surface area contributed by atoms with Crippen molar-refractivity contribution in [2.75, 3.05) is 5.73 Å².